The van der Waals surface area contributed by atoms with E-state index in [2.05, 4.69) is 15.0 Å². The van der Waals surface area contributed by atoms with E-state index in [9.17, 15) is 8.42 Å². The Morgan fingerprint density at radius 3 is 3.00 bits per heavy atom. The number of hydrogen-bond donors (Lipinski definition) is 2. The minimum Gasteiger partial charge on any atom is -0.314 e. The van der Waals surface area contributed by atoms with Crippen LogP contribution < -0.4 is 10.0 Å². The van der Waals surface area contributed by atoms with Gasteiger partial charge in [0.2, 0.25) is 10.0 Å². The monoisotopic (exact) mass is 303 g/mol. The molecule has 1 aromatic rings. The number of piperidine rings is 1. The van der Waals surface area contributed by atoms with Gasteiger partial charge in [-0.3, -0.25) is 0 Å². The molecule has 1 aliphatic rings. The molecule has 2 N–H and O–H groups in total. The Hall–Kier alpha value is -0.500. The molecule has 2 heterocycles. The van der Waals surface area contributed by atoms with Crippen molar-refractivity contribution in [3.63, 3.8) is 0 Å². The van der Waals surface area contributed by atoms with E-state index in [4.69, 9.17) is 0 Å². The van der Waals surface area contributed by atoms with Crippen molar-refractivity contribution >= 4 is 21.4 Å². The highest BCUT2D eigenvalue weighted by Crippen LogP contribution is 2.13. The Balaban J connectivity index is 1.76. The van der Waals surface area contributed by atoms with Crippen LogP contribution in [0.2, 0.25) is 0 Å². The van der Waals surface area contributed by atoms with E-state index in [0.717, 1.165) is 23.5 Å². The van der Waals surface area contributed by atoms with Crippen molar-refractivity contribution in [1.82, 2.24) is 15.0 Å². The molecule has 0 saturated carbocycles. The maximum absolute atomic E-state index is 11.9. The van der Waals surface area contributed by atoms with Crippen LogP contribution in [-0.4, -0.2) is 31.7 Å². The van der Waals surface area contributed by atoms with E-state index in [1.165, 1.54) is 24.2 Å². The summed E-state index contributed by atoms with van der Waals surface area (Å²) in [6.07, 6.45) is 4.18. The van der Waals surface area contributed by atoms with Gasteiger partial charge in [0.05, 0.1) is 17.0 Å². The summed E-state index contributed by atoms with van der Waals surface area (Å²) in [5, 5.41) is 3.37. The first-order valence-electron chi connectivity index (χ1n) is 6.66. The SMILES string of the molecule is Cc1ncsc1CNS(=O)(=O)CCC1CCCCN1. The molecule has 19 heavy (non-hydrogen) atoms. The average molecular weight is 303 g/mol. The van der Waals surface area contributed by atoms with Gasteiger partial charge in [-0.1, -0.05) is 6.42 Å². The summed E-state index contributed by atoms with van der Waals surface area (Å²) in [4.78, 5) is 5.10. The zero-order valence-corrected chi connectivity index (χ0v) is 12.8. The van der Waals surface area contributed by atoms with Crippen molar-refractivity contribution in [2.45, 2.75) is 45.2 Å². The molecule has 1 fully saturated rings. The van der Waals surface area contributed by atoms with E-state index in [-0.39, 0.29) is 5.75 Å². The molecular weight excluding hydrogens is 282 g/mol. The van der Waals surface area contributed by atoms with Gasteiger partial charge >= 0.3 is 0 Å². The number of aromatic nitrogens is 1. The van der Waals surface area contributed by atoms with Crippen LogP contribution >= 0.6 is 11.3 Å². The van der Waals surface area contributed by atoms with Crippen LogP contribution in [0, 0.1) is 6.92 Å². The van der Waals surface area contributed by atoms with Gasteiger partial charge in [-0.25, -0.2) is 18.1 Å². The molecule has 0 bridgehead atoms. The van der Waals surface area contributed by atoms with Gasteiger partial charge < -0.3 is 5.32 Å². The molecule has 108 valence electrons. The van der Waals surface area contributed by atoms with Crippen molar-refractivity contribution in [2.24, 2.45) is 0 Å². The van der Waals surface area contributed by atoms with Gasteiger partial charge in [0.15, 0.2) is 0 Å². The number of nitrogens with one attached hydrogen (secondary N) is 2. The number of nitrogens with zero attached hydrogens (tertiary/aromatic N) is 1. The molecule has 0 spiro atoms. The van der Waals surface area contributed by atoms with Gasteiger partial charge in [-0.05, 0) is 32.7 Å². The summed E-state index contributed by atoms with van der Waals surface area (Å²) >= 11 is 1.49. The maximum atomic E-state index is 11.9. The Labute approximate surface area is 118 Å². The number of thiazole rings is 1. The molecule has 1 saturated heterocycles. The first-order valence-corrected chi connectivity index (χ1v) is 9.20. The Morgan fingerprint density at radius 1 is 1.53 bits per heavy atom. The molecule has 0 radical (unpaired) electrons. The fourth-order valence-corrected chi connectivity index (χ4v) is 4.12. The number of rotatable bonds is 6. The van der Waals surface area contributed by atoms with E-state index < -0.39 is 10.0 Å². The fourth-order valence-electron chi connectivity index (χ4n) is 2.21. The first kappa shape index (κ1) is 14.9. The number of aryl methyl sites for hydroxylation is 1. The Morgan fingerprint density at radius 2 is 2.37 bits per heavy atom. The highest BCUT2D eigenvalue weighted by atomic mass is 32.2. The van der Waals surface area contributed by atoms with Gasteiger partial charge in [-0.15, -0.1) is 11.3 Å². The summed E-state index contributed by atoms with van der Waals surface area (Å²) in [6, 6.07) is 0.357. The standard InChI is InChI=1S/C12H21N3O2S2/c1-10-12(18-9-14-10)8-15-19(16,17)7-5-11-4-2-3-6-13-11/h9,11,13,15H,2-8H2,1H3. The molecule has 1 aliphatic heterocycles. The lowest BCUT2D eigenvalue weighted by molar-refractivity contribution is 0.392. The second-order valence-electron chi connectivity index (χ2n) is 4.94. The second-order valence-corrected chi connectivity index (χ2v) is 7.80. The van der Waals surface area contributed by atoms with Crippen molar-refractivity contribution in [3.8, 4) is 0 Å². The summed E-state index contributed by atoms with van der Waals surface area (Å²) in [6.45, 7) is 3.27. The van der Waals surface area contributed by atoms with E-state index >= 15 is 0 Å². The van der Waals surface area contributed by atoms with Gasteiger partial charge in [0.1, 0.15) is 0 Å². The van der Waals surface area contributed by atoms with Gasteiger partial charge in [-0.2, -0.15) is 0 Å². The van der Waals surface area contributed by atoms with Crippen LogP contribution in [0.25, 0.3) is 0 Å². The van der Waals surface area contributed by atoms with Gasteiger partial charge in [0.25, 0.3) is 0 Å². The zero-order chi connectivity index (χ0) is 13.7. The highest BCUT2D eigenvalue weighted by Gasteiger charge is 2.17. The van der Waals surface area contributed by atoms with Gasteiger partial charge in [0, 0.05) is 17.5 Å². The minimum atomic E-state index is -3.18. The van der Waals surface area contributed by atoms with Crippen LogP contribution in [0.4, 0.5) is 0 Å². The topological polar surface area (TPSA) is 71.1 Å². The second kappa shape index (κ2) is 6.78. The summed E-state index contributed by atoms with van der Waals surface area (Å²) in [5.41, 5.74) is 2.65. The van der Waals surface area contributed by atoms with Crippen LogP contribution in [0.1, 0.15) is 36.3 Å². The highest BCUT2D eigenvalue weighted by molar-refractivity contribution is 7.89. The summed E-state index contributed by atoms with van der Waals surface area (Å²) in [7, 11) is -3.18. The minimum absolute atomic E-state index is 0.197. The maximum Gasteiger partial charge on any atom is 0.211 e. The average Bonchev–Trinajstić information content (AvgIpc) is 2.81. The lowest BCUT2D eigenvalue weighted by Crippen LogP contribution is -2.37. The lowest BCUT2D eigenvalue weighted by atomic mass is 10.0. The molecule has 1 atom stereocenters. The summed E-state index contributed by atoms with van der Waals surface area (Å²) in [5.74, 6) is 0.197. The molecule has 0 aliphatic carbocycles. The molecule has 2 rings (SSSR count). The van der Waals surface area contributed by atoms with Crippen LogP contribution in [0.3, 0.4) is 0 Å². The number of hydrogen-bond acceptors (Lipinski definition) is 5. The third kappa shape index (κ3) is 4.83. The molecule has 0 aromatic carbocycles. The number of sulfonamides is 1. The van der Waals surface area contributed by atoms with E-state index in [1.807, 2.05) is 6.92 Å². The molecule has 5 nitrogen and oxygen atoms in total. The normalized spacial score (nSPS) is 20.6. The molecule has 7 heteroatoms. The first-order chi connectivity index (χ1) is 9.07. The van der Waals surface area contributed by atoms with Crippen molar-refractivity contribution < 1.29 is 8.42 Å². The predicted molar refractivity (Wildman–Crippen MR) is 77.7 cm³/mol. The molecular formula is C12H21N3O2S2. The third-order valence-electron chi connectivity index (χ3n) is 3.44. The Bertz CT molecular complexity index is 493. The predicted octanol–water partition coefficient (Wildman–Crippen LogP) is 1.40. The van der Waals surface area contributed by atoms with E-state index in [1.54, 1.807) is 5.51 Å². The molecule has 0 amide bonds. The van der Waals surface area contributed by atoms with Crippen molar-refractivity contribution in [2.75, 3.05) is 12.3 Å². The van der Waals surface area contributed by atoms with Crippen LogP contribution in [0.15, 0.2) is 5.51 Å². The molecule has 1 unspecified atom stereocenters. The quantitative estimate of drug-likeness (QED) is 0.833. The lowest BCUT2D eigenvalue weighted by Gasteiger charge is -2.23. The molecule has 1 aromatic heterocycles. The van der Waals surface area contributed by atoms with Crippen molar-refractivity contribution in [1.29, 1.82) is 0 Å². The fraction of sp³-hybridized carbons (Fsp3) is 0.750. The summed E-state index contributed by atoms with van der Waals surface area (Å²) < 4.78 is 26.5. The Kier molecular flexibility index (Phi) is 5.32. The largest absolute Gasteiger partial charge is 0.314 e. The third-order valence-corrected chi connectivity index (χ3v) is 5.74. The van der Waals surface area contributed by atoms with Crippen molar-refractivity contribution in [3.05, 3.63) is 16.1 Å². The smallest absolute Gasteiger partial charge is 0.211 e. The van der Waals surface area contributed by atoms with Crippen LogP contribution in [0.5, 0.6) is 0 Å². The van der Waals surface area contributed by atoms with E-state index in [0.29, 0.717) is 19.0 Å². The zero-order valence-electron chi connectivity index (χ0n) is 11.2. The van der Waals surface area contributed by atoms with Crippen LogP contribution in [-0.2, 0) is 16.6 Å².